The summed E-state index contributed by atoms with van der Waals surface area (Å²) in [4.78, 5) is 4.04. The van der Waals surface area contributed by atoms with Crippen LogP contribution < -0.4 is 0 Å². The third-order valence-electron chi connectivity index (χ3n) is 2.29. The molecule has 0 saturated heterocycles. The van der Waals surface area contributed by atoms with Crippen LogP contribution in [0, 0.1) is 5.82 Å². The number of aliphatic hydroxyl groups is 1. The number of thioether (sulfide) groups is 1. The topological polar surface area (TPSA) is 50.9 Å². The van der Waals surface area contributed by atoms with Crippen LogP contribution in [0.5, 0.6) is 0 Å². The minimum absolute atomic E-state index is 0.304. The molecular weight excluding hydrogens is 241 g/mol. The molecule has 90 valence electrons. The Balaban J connectivity index is 1.95. The van der Waals surface area contributed by atoms with Crippen LogP contribution in [0.15, 0.2) is 35.7 Å². The number of aromatic nitrogens is 3. The molecule has 1 aromatic carbocycles. The number of halogens is 1. The van der Waals surface area contributed by atoms with Crippen LogP contribution in [-0.4, -0.2) is 25.6 Å². The number of rotatable bonds is 4. The van der Waals surface area contributed by atoms with Crippen LogP contribution in [0.25, 0.3) is 0 Å². The molecule has 1 aromatic heterocycles. The molecule has 1 N–H and O–H groups in total. The standard InChI is InChI=1S/C11H12FN3OS/c1-15-11(13-7-14-15)17-6-10(16)8-2-4-9(12)5-3-8/h2-5,7,10,16H,6H2,1H3. The van der Waals surface area contributed by atoms with Gasteiger partial charge in [0.1, 0.15) is 12.1 Å². The summed E-state index contributed by atoms with van der Waals surface area (Å²) in [6, 6.07) is 5.84. The number of aliphatic hydroxyl groups excluding tert-OH is 1. The molecule has 0 radical (unpaired) electrons. The van der Waals surface area contributed by atoms with Gasteiger partial charge in [-0.1, -0.05) is 23.9 Å². The number of aryl methyl sites for hydroxylation is 1. The molecule has 6 heteroatoms. The van der Waals surface area contributed by atoms with Gasteiger partial charge in [0.15, 0.2) is 5.16 Å². The summed E-state index contributed by atoms with van der Waals surface area (Å²) in [5.74, 6) is 0.153. The van der Waals surface area contributed by atoms with E-state index in [9.17, 15) is 9.50 Å². The first kappa shape index (κ1) is 12.1. The van der Waals surface area contributed by atoms with E-state index in [-0.39, 0.29) is 5.82 Å². The highest BCUT2D eigenvalue weighted by Gasteiger charge is 2.10. The zero-order chi connectivity index (χ0) is 12.3. The van der Waals surface area contributed by atoms with Gasteiger partial charge in [-0.05, 0) is 17.7 Å². The fraction of sp³-hybridized carbons (Fsp3) is 0.273. The first-order valence-electron chi connectivity index (χ1n) is 5.07. The molecule has 0 aliphatic rings. The Morgan fingerprint density at radius 1 is 1.41 bits per heavy atom. The summed E-state index contributed by atoms with van der Waals surface area (Å²) in [7, 11) is 1.79. The lowest BCUT2D eigenvalue weighted by Crippen LogP contribution is -2.02. The molecule has 2 rings (SSSR count). The van der Waals surface area contributed by atoms with Crippen LogP contribution in [-0.2, 0) is 7.05 Å². The van der Waals surface area contributed by atoms with E-state index in [1.807, 2.05) is 0 Å². The largest absolute Gasteiger partial charge is 0.388 e. The van der Waals surface area contributed by atoms with Crippen LogP contribution in [0.4, 0.5) is 4.39 Å². The molecule has 1 unspecified atom stereocenters. The maximum atomic E-state index is 12.7. The molecule has 0 bridgehead atoms. The van der Waals surface area contributed by atoms with E-state index in [2.05, 4.69) is 10.1 Å². The smallest absolute Gasteiger partial charge is 0.185 e. The van der Waals surface area contributed by atoms with E-state index >= 15 is 0 Å². The van der Waals surface area contributed by atoms with Crippen LogP contribution in [0.2, 0.25) is 0 Å². The van der Waals surface area contributed by atoms with E-state index in [0.29, 0.717) is 11.3 Å². The van der Waals surface area contributed by atoms with Crippen molar-refractivity contribution in [2.75, 3.05) is 5.75 Å². The highest BCUT2D eigenvalue weighted by atomic mass is 32.2. The minimum Gasteiger partial charge on any atom is -0.388 e. The molecule has 4 nitrogen and oxygen atoms in total. The fourth-order valence-electron chi connectivity index (χ4n) is 1.35. The van der Waals surface area contributed by atoms with Gasteiger partial charge in [0.25, 0.3) is 0 Å². The number of hydrogen-bond donors (Lipinski definition) is 1. The van der Waals surface area contributed by atoms with Crippen molar-refractivity contribution < 1.29 is 9.50 Å². The average Bonchev–Trinajstić information content (AvgIpc) is 2.73. The average molecular weight is 253 g/mol. The Bertz CT molecular complexity index is 486. The van der Waals surface area contributed by atoms with Gasteiger partial charge < -0.3 is 5.11 Å². The Labute approximate surface area is 102 Å². The maximum Gasteiger partial charge on any atom is 0.185 e. The Morgan fingerprint density at radius 2 is 2.12 bits per heavy atom. The first-order chi connectivity index (χ1) is 8.16. The highest BCUT2D eigenvalue weighted by molar-refractivity contribution is 7.99. The Morgan fingerprint density at radius 3 is 2.71 bits per heavy atom. The zero-order valence-corrected chi connectivity index (χ0v) is 10.1. The normalized spacial score (nSPS) is 12.6. The van der Waals surface area contributed by atoms with Crippen molar-refractivity contribution >= 4 is 11.8 Å². The van der Waals surface area contributed by atoms with Crippen LogP contribution >= 0.6 is 11.8 Å². The molecule has 1 heterocycles. The van der Waals surface area contributed by atoms with Crippen molar-refractivity contribution in [3.05, 3.63) is 42.0 Å². The third-order valence-corrected chi connectivity index (χ3v) is 3.41. The maximum absolute atomic E-state index is 12.7. The third kappa shape index (κ3) is 3.04. The lowest BCUT2D eigenvalue weighted by Gasteiger charge is -2.09. The van der Waals surface area contributed by atoms with Gasteiger partial charge in [-0.25, -0.2) is 14.1 Å². The molecule has 0 spiro atoms. The summed E-state index contributed by atoms with van der Waals surface area (Å²) in [5.41, 5.74) is 0.695. The SMILES string of the molecule is Cn1ncnc1SCC(O)c1ccc(F)cc1. The molecule has 0 fully saturated rings. The van der Waals surface area contributed by atoms with Crippen molar-refractivity contribution in [1.29, 1.82) is 0 Å². The summed E-state index contributed by atoms with van der Waals surface area (Å²) in [5, 5.41) is 14.6. The van der Waals surface area contributed by atoms with Gasteiger partial charge in [-0.3, -0.25) is 0 Å². The second kappa shape index (κ2) is 5.29. The first-order valence-corrected chi connectivity index (χ1v) is 6.05. The number of benzene rings is 1. The second-order valence-electron chi connectivity index (χ2n) is 3.54. The van der Waals surface area contributed by atoms with E-state index in [1.54, 1.807) is 23.9 Å². The lowest BCUT2D eigenvalue weighted by molar-refractivity contribution is 0.204. The van der Waals surface area contributed by atoms with Gasteiger partial charge >= 0.3 is 0 Å². The second-order valence-corrected chi connectivity index (χ2v) is 4.53. The van der Waals surface area contributed by atoms with Crippen molar-refractivity contribution in [2.45, 2.75) is 11.3 Å². The molecule has 2 aromatic rings. The van der Waals surface area contributed by atoms with Gasteiger partial charge in [-0.2, -0.15) is 5.10 Å². The highest BCUT2D eigenvalue weighted by Crippen LogP contribution is 2.22. The van der Waals surface area contributed by atoms with Crippen molar-refractivity contribution in [1.82, 2.24) is 14.8 Å². The predicted molar refractivity (Wildman–Crippen MR) is 63.1 cm³/mol. The lowest BCUT2D eigenvalue weighted by atomic mass is 10.1. The number of hydrogen-bond acceptors (Lipinski definition) is 4. The summed E-state index contributed by atoms with van der Waals surface area (Å²) >= 11 is 1.41. The van der Waals surface area contributed by atoms with E-state index in [4.69, 9.17) is 0 Å². The molecule has 0 amide bonds. The Hall–Kier alpha value is -1.40. The molecule has 1 atom stereocenters. The van der Waals surface area contributed by atoms with Gasteiger partial charge in [0, 0.05) is 12.8 Å². The summed E-state index contributed by atoms with van der Waals surface area (Å²) in [6.07, 6.45) is 0.823. The molecule has 0 saturated carbocycles. The predicted octanol–water partition coefficient (Wildman–Crippen LogP) is 1.78. The summed E-state index contributed by atoms with van der Waals surface area (Å²) < 4.78 is 14.3. The zero-order valence-electron chi connectivity index (χ0n) is 9.25. The molecular formula is C11H12FN3OS. The van der Waals surface area contributed by atoms with E-state index in [0.717, 1.165) is 5.16 Å². The van der Waals surface area contributed by atoms with E-state index in [1.165, 1.54) is 30.2 Å². The van der Waals surface area contributed by atoms with Gasteiger partial charge in [0.05, 0.1) is 6.10 Å². The van der Waals surface area contributed by atoms with Gasteiger partial charge in [-0.15, -0.1) is 0 Å². The van der Waals surface area contributed by atoms with E-state index < -0.39 is 6.10 Å². The molecule has 0 aliphatic carbocycles. The molecule has 17 heavy (non-hydrogen) atoms. The van der Waals surface area contributed by atoms with Crippen LogP contribution in [0.1, 0.15) is 11.7 Å². The molecule has 0 aliphatic heterocycles. The quantitative estimate of drug-likeness (QED) is 0.844. The number of nitrogens with zero attached hydrogens (tertiary/aromatic N) is 3. The minimum atomic E-state index is -0.641. The fourth-order valence-corrected chi connectivity index (χ4v) is 2.21. The van der Waals surface area contributed by atoms with Crippen molar-refractivity contribution in [2.24, 2.45) is 7.05 Å². The summed E-state index contributed by atoms with van der Waals surface area (Å²) in [6.45, 7) is 0. The Kier molecular flexibility index (Phi) is 3.75. The van der Waals surface area contributed by atoms with Crippen molar-refractivity contribution in [3.8, 4) is 0 Å². The van der Waals surface area contributed by atoms with Crippen molar-refractivity contribution in [3.63, 3.8) is 0 Å². The monoisotopic (exact) mass is 253 g/mol. The van der Waals surface area contributed by atoms with Crippen LogP contribution in [0.3, 0.4) is 0 Å². The van der Waals surface area contributed by atoms with Gasteiger partial charge in [0.2, 0.25) is 0 Å².